The van der Waals surface area contributed by atoms with Gasteiger partial charge < -0.3 is 15.1 Å². The Labute approximate surface area is 154 Å². The molecule has 4 rings (SSSR count). The van der Waals surface area contributed by atoms with Crippen LogP contribution in [-0.4, -0.2) is 66.4 Å². The summed E-state index contributed by atoms with van der Waals surface area (Å²) in [6.45, 7) is 4.40. The number of benzene rings is 1. The Balaban J connectivity index is 1.53. The Morgan fingerprint density at radius 2 is 1.77 bits per heavy atom. The fraction of sp³-hybridized carbons (Fsp3) is 0.500. The number of nitrogens with zero attached hydrogens (tertiary/aromatic N) is 3. The van der Waals surface area contributed by atoms with Crippen molar-refractivity contribution in [1.82, 2.24) is 20.0 Å². The zero-order chi connectivity index (χ0) is 18.1. The molecule has 6 heteroatoms. The molecule has 3 heterocycles. The highest BCUT2D eigenvalue weighted by molar-refractivity contribution is 6.01. The highest BCUT2D eigenvalue weighted by Crippen LogP contribution is 2.35. The second-order valence-corrected chi connectivity index (χ2v) is 7.34. The van der Waals surface area contributed by atoms with Crippen LogP contribution in [0.3, 0.4) is 0 Å². The first-order valence-corrected chi connectivity index (χ1v) is 9.49. The first-order valence-electron chi connectivity index (χ1n) is 9.49. The van der Waals surface area contributed by atoms with Crippen LogP contribution in [0.5, 0.6) is 0 Å². The molecule has 1 aromatic rings. The lowest BCUT2D eigenvalue weighted by Crippen LogP contribution is -2.45. The van der Waals surface area contributed by atoms with Crippen LogP contribution >= 0.6 is 0 Å². The molecule has 1 N–H and O–H groups in total. The Hall–Kier alpha value is -2.34. The number of hydrogen-bond acceptors (Lipinski definition) is 3. The number of piperidine rings is 1. The van der Waals surface area contributed by atoms with Gasteiger partial charge in [-0.2, -0.15) is 0 Å². The van der Waals surface area contributed by atoms with Crippen molar-refractivity contribution in [3.8, 4) is 0 Å². The van der Waals surface area contributed by atoms with Gasteiger partial charge in [0.05, 0.1) is 23.9 Å². The van der Waals surface area contributed by atoms with E-state index in [1.54, 1.807) is 11.9 Å². The van der Waals surface area contributed by atoms with Gasteiger partial charge in [0.2, 0.25) is 0 Å². The number of hydrogen-bond donors (Lipinski definition) is 1. The van der Waals surface area contributed by atoms with E-state index in [2.05, 4.69) is 10.2 Å². The zero-order valence-electron chi connectivity index (χ0n) is 15.3. The summed E-state index contributed by atoms with van der Waals surface area (Å²) in [6.07, 6.45) is 3.81. The van der Waals surface area contributed by atoms with Crippen LogP contribution in [0.15, 0.2) is 41.6 Å². The van der Waals surface area contributed by atoms with Gasteiger partial charge in [0.15, 0.2) is 0 Å². The third-order valence-electron chi connectivity index (χ3n) is 5.70. The van der Waals surface area contributed by atoms with Crippen molar-refractivity contribution in [2.45, 2.75) is 25.3 Å². The molecule has 0 radical (unpaired) electrons. The van der Waals surface area contributed by atoms with Crippen LogP contribution in [0.25, 0.3) is 0 Å². The van der Waals surface area contributed by atoms with Crippen molar-refractivity contribution in [2.75, 3.05) is 39.8 Å². The van der Waals surface area contributed by atoms with Gasteiger partial charge in [0.1, 0.15) is 0 Å². The Bertz CT molecular complexity index is 725. The van der Waals surface area contributed by atoms with Gasteiger partial charge in [-0.3, -0.25) is 9.69 Å². The van der Waals surface area contributed by atoms with E-state index in [9.17, 15) is 9.59 Å². The molecule has 138 valence electrons. The molecule has 3 aliphatic rings. The molecule has 0 unspecified atom stereocenters. The maximum absolute atomic E-state index is 13.1. The SMILES string of the molecule is CN1C(=O)N[C@@H](c2ccccc2)C2=C1CN(CCN1CCCCC1)C2=O. The molecule has 3 aliphatic heterocycles. The van der Waals surface area contributed by atoms with Crippen molar-refractivity contribution < 1.29 is 9.59 Å². The van der Waals surface area contributed by atoms with Crippen LogP contribution in [0.1, 0.15) is 30.9 Å². The van der Waals surface area contributed by atoms with E-state index in [-0.39, 0.29) is 18.0 Å². The molecule has 0 spiro atoms. The van der Waals surface area contributed by atoms with Crippen molar-refractivity contribution in [3.05, 3.63) is 47.2 Å². The van der Waals surface area contributed by atoms with Crippen LogP contribution < -0.4 is 5.32 Å². The summed E-state index contributed by atoms with van der Waals surface area (Å²) < 4.78 is 0. The molecule has 0 aliphatic carbocycles. The minimum absolute atomic E-state index is 0.0534. The predicted octanol–water partition coefficient (Wildman–Crippen LogP) is 1.96. The van der Waals surface area contributed by atoms with E-state index in [4.69, 9.17) is 0 Å². The maximum Gasteiger partial charge on any atom is 0.322 e. The molecule has 1 fully saturated rings. The van der Waals surface area contributed by atoms with Gasteiger partial charge in [0.25, 0.3) is 5.91 Å². The topological polar surface area (TPSA) is 55.9 Å². The summed E-state index contributed by atoms with van der Waals surface area (Å²) >= 11 is 0. The number of rotatable bonds is 4. The van der Waals surface area contributed by atoms with E-state index in [0.29, 0.717) is 6.54 Å². The van der Waals surface area contributed by atoms with Gasteiger partial charge in [-0.1, -0.05) is 36.8 Å². The lowest BCUT2D eigenvalue weighted by Gasteiger charge is -2.31. The van der Waals surface area contributed by atoms with Gasteiger partial charge >= 0.3 is 6.03 Å². The Morgan fingerprint density at radius 3 is 2.50 bits per heavy atom. The number of likely N-dealkylation sites (N-methyl/N-ethyl adjacent to an activating group) is 1. The molecule has 1 saturated heterocycles. The summed E-state index contributed by atoms with van der Waals surface area (Å²) in [5.74, 6) is 0.0534. The molecular formula is C20H26N4O2. The third-order valence-corrected chi connectivity index (χ3v) is 5.70. The summed E-state index contributed by atoms with van der Waals surface area (Å²) in [7, 11) is 1.74. The van der Waals surface area contributed by atoms with E-state index in [1.165, 1.54) is 19.3 Å². The molecule has 0 aromatic heterocycles. The first kappa shape index (κ1) is 17.1. The lowest BCUT2D eigenvalue weighted by molar-refractivity contribution is -0.126. The van der Waals surface area contributed by atoms with Crippen LogP contribution in [0.2, 0.25) is 0 Å². The van der Waals surface area contributed by atoms with E-state index >= 15 is 0 Å². The Morgan fingerprint density at radius 1 is 1.04 bits per heavy atom. The van der Waals surface area contributed by atoms with Gasteiger partial charge in [-0.15, -0.1) is 0 Å². The fourth-order valence-corrected chi connectivity index (χ4v) is 4.14. The molecule has 3 amide bonds. The summed E-state index contributed by atoms with van der Waals surface area (Å²) in [5, 5.41) is 2.98. The smallest absolute Gasteiger partial charge is 0.322 e. The lowest BCUT2D eigenvalue weighted by atomic mass is 9.96. The van der Waals surface area contributed by atoms with Crippen molar-refractivity contribution in [3.63, 3.8) is 0 Å². The van der Waals surface area contributed by atoms with E-state index < -0.39 is 0 Å². The summed E-state index contributed by atoms with van der Waals surface area (Å²) in [6, 6.07) is 9.23. The number of carbonyl (C=O) groups excluding carboxylic acids is 2. The minimum atomic E-state index is -0.359. The molecule has 0 bridgehead atoms. The second kappa shape index (κ2) is 7.11. The van der Waals surface area contributed by atoms with E-state index in [0.717, 1.165) is 43.0 Å². The molecular weight excluding hydrogens is 328 g/mol. The zero-order valence-corrected chi connectivity index (χ0v) is 15.3. The minimum Gasteiger partial charge on any atom is -0.332 e. The monoisotopic (exact) mass is 354 g/mol. The summed E-state index contributed by atoms with van der Waals surface area (Å²) in [4.78, 5) is 31.4. The maximum atomic E-state index is 13.1. The molecule has 0 saturated carbocycles. The molecule has 6 nitrogen and oxygen atoms in total. The number of nitrogens with one attached hydrogen (secondary N) is 1. The van der Waals surface area contributed by atoms with Crippen LogP contribution in [0.4, 0.5) is 4.79 Å². The number of urea groups is 1. The Kier molecular flexibility index (Phi) is 4.68. The highest BCUT2D eigenvalue weighted by atomic mass is 16.2. The largest absolute Gasteiger partial charge is 0.332 e. The quantitative estimate of drug-likeness (QED) is 0.899. The number of likely N-dealkylation sites (tertiary alicyclic amines) is 1. The van der Waals surface area contributed by atoms with Gasteiger partial charge in [-0.25, -0.2) is 4.79 Å². The van der Waals surface area contributed by atoms with Crippen molar-refractivity contribution in [2.24, 2.45) is 0 Å². The predicted molar refractivity (Wildman–Crippen MR) is 99.4 cm³/mol. The van der Waals surface area contributed by atoms with Gasteiger partial charge in [0, 0.05) is 20.1 Å². The third kappa shape index (κ3) is 3.09. The molecule has 1 aromatic carbocycles. The average Bonchev–Trinajstić information content (AvgIpc) is 3.01. The summed E-state index contributed by atoms with van der Waals surface area (Å²) in [5.41, 5.74) is 2.51. The van der Waals surface area contributed by atoms with Crippen molar-refractivity contribution in [1.29, 1.82) is 0 Å². The normalized spacial score (nSPS) is 24.1. The molecule has 26 heavy (non-hydrogen) atoms. The van der Waals surface area contributed by atoms with Crippen LogP contribution in [0, 0.1) is 0 Å². The second-order valence-electron chi connectivity index (χ2n) is 7.34. The van der Waals surface area contributed by atoms with E-state index in [1.807, 2.05) is 35.2 Å². The van der Waals surface area contributed by atoms with Crippen molar-refractivity contribution >= 4 is 11.9 Å². The highest BCUT2D eigenvalue weighted by Gasteiger charge is 2.42. The first-order chi connectivity index (χ1) is 12.6. The fourth-order valence-electron chi connectivity index (χ4n) is 4.14. The van der Waals surface area contributed by atoms with Gasteiger partial charge in [-0.05, 0) is 31.5 Å². The molecule has 1 atom stereocenters. The standard InChI is InChI=1S/C20H26N4O2/c1-22-16-14-24(13-12-23-10-6-3-7-11-23)19(25)17(16)18(21-20(22)26)15-8-4-2-5-9-15/h2,4-5,8-9,18H,3,6-7,10-14H2,1H3,(H,21,26)/t18-/m0/s1. The van der Waals surface area contributed by atoms with Crippen LogP contribution in [-0.2, 0) is 4.79 Å². The number of carbonyl (C=O) groups is 2. The number of amides is 3. The average molecular weight is 354 g/mol.